The van der Waals surface area contributed by atoms with Gasteiger partial charge in [0.05, 0.1) is 0 Å². The molecule has 26 heavy (non-hydrogen) atoms. The molecule has 3 rings (SSSR count). The fourth-order valence-corrected chi connectivity index (χ4v) is 6.75. The zero-order chi connectivity index (χ0) is 18.4. The molecule has 0 N–H and O–H groups in total. The lowest BCUT2D eigenvalue weighted by Gasteiger charge is -2.45. The highest BCUT2D eigenvalue weighted by Crippen LogP contribution is 2.49. The summed E-state index contributed by atoms with van der Waals surface area (Å²) in [5, 5.41) is 0. The molecule has 3 aliphatic carbocycles. The molecule has 0 aromatic heterocycles. The smallest absolute Gasteiger partial charge is 0.132 e. The fourth-order valence-electron chi connectivity index (χ4n) is 6.75. The summed E-state index contributed by atoms with van der Waals surface area (Å²) in [6.07, 6.45) is 23.0. The van der Waals surface area contributed by atoms with Crippen molar-refractivity contribution in [3.63, 3.8) is 0 Å². The fraction of sp³-hybridized carbons (Fsp3) is 0.960. The third kappa shape index (κ3) is 5.59. The lowest BCUT2D eigenvalue weighted by Crippen LogP contribution is -2.35. The van der Waals surface area contributed by atoms with E-state index in [1.807, 2.05) is 0 Å². The third-order valence-electron chi connectivity index (χ3n) is 8.49. The molecule has 0 amide bonds. The second-order valence-corrected chi connectivity index (χ2v) is 10.2. The van der Waals surface area contributed by atoms with Gasteiger partial charge in [-0.1, -0.05) is 51.9 Å². The molecule has 0 unspecified atom stereocenters. The van der Waals surface area contributed by atoms with Crippen LogP contribution >= 0.6 is 0 Å². The Balaban J connectivity index is 1.37. The SMILES string of the molecule is CCCCCCC[C@H]1CC[C@@H]2C[C@H](C3CCC(C(C)=O)CC3)CC[C@@H]2C1. The van der Waals surface area contributed by atoms with E-state index in [1.54, 1.807) is 13.3 Å². The van der Waals surface area contributed by atoms with Crippen LogP contribution in [0.4, 0.5) is 0 Å². The van der Waals surface area contributed by atoms with E-state index in [-0.39, 0.29) is 0 Å². The van der Waals surface area contributed by atoms with Crippen molar-refractivity contribution in [3.05, 3.63) is 0 Å². The average molecular weight is 361 g/mol. The largest absolute Gasteiger partial charge is 0.300 e. The Morgan fingerprint density at radius 2 is 1.27 bits per heavy atom. The molecular formula is C25H44O. The molecule has 0 heterocycles. The number of unbranched alkanes of at least 4 members (excludes halogenated alkanes) is 4. The maximum Gasteiger partial charge on any atom is 0.132 e. The zero-order valence-corrected chi connectivity index (χ0v) is 17.7. The van der Waals surface area contributed by atoms with Gasteiger partial charge >= 0.3 is 0 Å². The van der Waals surface area contributed by atoms with Gasteiger partial charge in [-0.3, -0.25) is 4.79 Å². The first-order chi connectivity index (χ1) is 12.7. The van der Waals surface area contributed by atoms with Gasteiger partial charge in [0.25, 0.3) is 0 Å². The van der Waals surface area contributed by atoms with Crippen LogP contribution in [0.2, 0.25) is 0 Å². The first kappa shape index (κ1) is 20.4. The van der Waals surface area contributed by atoms with Crippen LogP contribution in [0.3, 0.4) is 0 Å². The Morgan fingerprint density at radius 3 is 1.96 bits per heavy atom. The molecule has 4 atom stereocenters. The van der Waals surface area contributed by atoms with Crippen molar-refractivity contribution in [2.75, 3.05) is 0 Å². The van der Waals surface area contributed by atoms with Crippen LogP contribution in [0.5, 0.6) is 0 Å². The number of hydrogen-bond acceptors (Lipinski definition) is 1. The van der Waals surface area contributed by atoms with E-state index in [1.165, 1.54) is 96.3 Å². The van der Waals surface area contributed by atoms with Gasteiger partial charge in [-0.15, -0.1) is 0 Å². The van der Waals surface area contributed by atoms with E-state index in [0.717, 1.165) is 29.6 Å². The maximum atomic E-state index is 11.6. The summed E-state index contributed by atoms with van der Waals surface area (Å²) in [5.74, 6) is 5.96. The van der Waals surface area contributed by atoms with E-state index in [2.05, 4.69) is 6.92 Å². The van der Waals surface area contributed by atoms with Crippen LogP contribution in [0.1, 0.15) is 117 Å². The Morgan fingerprint density at radius 1 is 0.692 bits per heavy atom. The molecule has 3 saturated carbocycles. The van der Waals surface area contributed by atoms with E-state index in [9.17, 15) is 4.79 Å². The minimum Gasteiger partial charge on any atom is -0.300 e. The molecule has 0 spiro atoms. The number of carbonyl (C=O) groups is 1. The minimum absolute atomic E-state index is 0.398. The monoisotopic (exact) mass is 360 g/mol. The predicted molar refractivity (Wildman–Crippen MR) is 111 cm³/mol. The number of carbonyl (C=O) groups excluding carboxylic acids is 1. The highest BCUT2D eigenvalue weighted by molar-refractivity contribution is 5.78. The normalized spacial score (nSPS) is 37.9. The van der Waals surface area contributed by atoms with Crippen molar-refractivity contribution in [1.82, 2.24) is 0 Å². The number of hydrogen-bond donors (Lipinski definition) is 0. The molecule has 0 aromatic carbocycles. The molecule has 1 nitrogen and oxygen atoms in total. The van der Waals surface area contributed by atoms with Crippen molar-refractivity contribution in [1.29, 1.82) is 0 Å². The van der Waals surface area contributed by atoms with Gasteiger partial charge < -0.3 is 0 Å². The number of fused-ring (bicyclic) bond motifs is 1. The standard InChI is InChI=1S/C25H44O/c1-3-4-5-6-7-8-20-9-10-25-18-24(16-15-23(25)17-20)22-13-11-21(12-14-22)19(2)26/h20-25H,3-18H2,1-2H3/t20-,21?,22?,23+,24+,25+/m0/s1. The molecule has 0 aliphatic heterocycles. The molecular weight excluding hydrogens is 316 g/mol. The minimum atomic E-state index is 0.398. The summed E-state index contributed by atoms with van der Waals surface area (Å²) < 4.78 is 0. The highest BCUT2D eigenvalue weighted by atomic mass is 16.1. The predicted octanol–water partition coefficient (Wildman–Crippen LogP) is 7.57. The summed E-state index contributed by atoms with van der Waals surface area (Å²) in [6.45, 7) is 4.12. The first-order valence-corrected chi connectivity index (χ1v) is 12.2. The summed E-state index contributed by atoms with van der Waals surface area (Å²) in [4.78, 5) is 11.6. The van der Waals surface area contributed by atoms with Gasteiger partial charge in [0.1, 0.15) is 5.78 Å². The molecule has 3 aliphatic rings. The van der Waals surface area contributed by atoms with Crippen LogP contribution in [-0.4, -0.2) is 5.78 Å². The van der Waals surface area contributed by atoms with E-state index in [4.69, 9.17) is 0 Å². The van der Waals surface area contributed by atoms with Gasteiger partial charge in [-0.05, 0) is 94.3 Å². The number of Topliss-reactive ketones (excluding diaryl/α,β-unsaturated/α-hetero) is 1. The number of ketones is 1. The second kappa shape index (κ2) is 10.3. The molecule has 150 valence electrons. The number of rotatable bonds is 8. The van der Waals surface area contributed by atoms with Crippen LogP contribution in [-0.2, 0) is 4.79 Å². The second-order valence-electron chi connectivity index (χ2n) is 10.2. The Hall–Kier alpha value is -0.330. The quantitative estimate of drug-likeness (QED) is 0.408. The summed E-state index contributed by atoms with van der Waals surface area (Å²) in [7, 11) is 0. The Labute approximate surface area is 163 Å². The molecule has 0 radical (unpaired) electrons. The third-order valence-corrected chi connectivity index (χ3v) is 8.49. The van der Waals surface area contributed by atoms with Crippen molar-refractivity contribution >= 4 is 5.78 Å². The van der Waals surface area contributed by atoms with Crippen LogP contribution in [0, 0.1) is 35.5 Å². The Bertz CT molecular complexity index is 420. The van der Waals surface area contributed by atoms with Gasteiger partial charge in [-0.25, -0.2) is 0 Å². The summed E-state index contributed by atoms with van der Waals surface area (Å²) in [6, 6.07) is 0. The lowest BCUT2D eigenvalue weighted by molar-refractivity contribution is -0.122. The van der Waals surface area contributed by atoms with Crippen LogP contribution in [0.15, 0.2) is 0 Å². The molecule has 0 saturated heterocycles. The van der Waals surface area contributed by atoms with Gasteiger partial charge in [-0.2, -0.15) is 0 Å². The molecule has 0 bridgehead atoms. The maximum absolute atomic E-state index is 11.6. The first-order valence-electron chi connectivity index (χ1n) is 12.2. The topological polar surface area (TPSA) is 17.1 Å². The van der Waals surface area contributed by atoms with Crippen molar-refractivity contribution in [3.8, 4) is 0 Å². The molecule has 1 heteroatoms. The molecule has 3 fully saturated rings. The van der Waals surface area contributed by atoms with Crippen LogP contribution in [0.25, 0.3) is 0 Å². The van der Waals surface area contributed by atoms with Gasteiger partial charge in [0.2, 0.25) is 0 Å². The summed E-state index contributed by atoms with van der Waals surface area (Å²) >= 11 is 0. The van der Waals surface area contributed by atoms with Gasteiger partial charge in [0.15, 0.2) is 0 Å². The zero-order valence-electron chi connectivity index (χ0n) is 17.7. The molecule has 0 aromatic rings. The average Bonchev–Trinajstić information content (AvgIpc) is 2.67. The van der Waals surface area contributed by atoms with E-state index < -0.39 is 0 Å². The summed E-state index contributed by atoms with van der Waals surface area (Å²) in [5.41, 5.74) is 0. The lowest BCUT2D eigenvalue weighted by atomic mass is 9.60. The van der Waals surface area contributed by atoms with Gasteiger partial charge in [0, 0.05) is 5.92 Å². The highest BCUT2D eigenvalue weighted by Gasteiger charge is 2.38. The Kier molecular flexibility index (Phi) is 8.07. The van der Waals surface area contributed by atoms with E-state index in [0.29, 0.717) is 11.7 Å². The van der Waals surface area contributed by atoms with Crippen molar-refractivity contribution in [2.24, 2.45) is 35.5 Å². The van der Waals surface area contributed by atoms with Crippen molar-refractivity contribution in [2.45, 2.75) is 117 Å². The van der Waals surface area contributed by atoms with Crippen LogP contribution < -0.4 is 0 Å². The van der Waals surface area contributed by atoms with Crippen molar-refractivity contribution < 1.29 is 4.79 Å². The van der Waals surface area contributed by atoms with E-state index >= 15 is 0 Å².